The highest BCUT2D eigenvalue weighted by molar-refractivity contribution is 5.81. The minimum atomic E-state index is -1.07. The van der Waals surface area contributed by atoms with Crippen molar-refractivity contribution in [1.82, 2.24) is 14.8 Å². The van der Waals surface area contributed by atoms with Crippen LogP contribution in [0.25, 0.3) is 11.1 Å². The Labute approximate surface area is 195 Å². The number of carboxylic acids is 1. The molecule has 1 aliphatic rings. The molecule has 2 heterocycles. The number of H-pyrrole nitrogens is 1. The van der Waals surface area contributed by atoms with Crippen LogP contribution in [-0.4, -0.2) is 76.3 Å². The molecule has 10 heteroatoms. The number of aliphatic carboxylic acids is 1. The van der Waals surface area contributed by atoms with Crippen molar-refractivity contribution >= 4 is 23.0 Å². The number of amides is 1. The molecule has 0 radical (unpaired) electrons. The van der Waals surface area contributed by atoms with Gasteiger partial charge in [0.25, 0.3) is 0 Å². The number of fused-ring (bicyclic) bond motifs is 1. The summed E-state index contributed by atoms with van der Waals surface area (Å²) in [5.74, 6) is -1.35. The Morgan fingerprint density at radius 2 is 2.12 bits per heavy atom. The molecule has 3 aromatic rings. The van der Waals surface area contributed by atoms with Gasteiger partial charge < -0.3 is 24.3 Å². The van der Waals surface area contributed by atoms with Crippen LogP contribution in [0.5, 0.6) is 5.75 Å². The summed E-state index contributed by atoms with van der Waals surface area (Å²) in [6.45, 7) is 1.30. The first-order valence-corrected chi connectivity index (χ1v) is 11.0. The predicted molar refractivity (Wildman–Crippen MR) is 123 cm³/mol. The minimum absolute atomic E-state index is 0.119. The van der Waals surface area contributed by atoms with Crippen LogP contribution in [0.1, 0.15) is 23.6 Å². The Bertz CT molecular complexity index is 1230. The number of nitrogens with one attached hydrogen (secondary N) is 1. The van der Waals surface area contributed by atoms with E-state index in [1.807, 2.05) is 6.07 Å². The average molecular weight is 469 g/mol. The van der Waals surface area contributed by atoms with Gasteiger partial charge in [-0.05, 0) is 41.8 Å². The Morgan fingerprint density at radius 1 is 1.29 bits per heavy atom. The molecule has 1 aromatic heterocycles. The van der Waals surface area contributed by atoms with Crippen LogP contribution in [-0.2, 0) is 16.0 Å². The first-order valence-electron chi connectivity index (χ1n) is 11.0. The number of β-amino-alcohol motifs (C(OH)–C–C–N with tert-alkyl or cyclic N) is 1. The number of likely N-dealkylation sites (tertiary alicyclic amines) is 1. The number of aliphatic hydroxyl groups excluding tert-OH is 1. The molecule has 0 saturated carbocycles. The summed E-state index contributed by atoms with van der Waals surface area (Å²) >= 11 is 0. The van der Waals surface area contributed by atoms with Gasteiger partial charge in [-0.2, -0.15) is 0 Å². The molecule has 4 rings (SSSR count). The molecular weight excluding hydrogens is 442 g/mol. The van der Waals surface area contributed by atoms with E-state index in [-0.39, 0.29) is 18.4 Å². The van der Waals surface area contributed by atoms with E-state index >= 15 is 0 Å². The largest absolute Gasteiger partial charge is 0.482 e. The maximum Gasteiger partial charge on any atom is 0.417 e. The third-order valence-corrected chi connectivity index (χ3v) is 5.98. The molecule has 1 aliphatic heterocycles. The summed E-state index contributed by atoms with van der Waals surface area (Å²) < 4.78 is 10.3. The maximum absolute atomic E-state index is 13.3. The number of hydrogen-bond donors (Lipinski definition) is 3. The molecule has 3 N–H and O–H groups in total. The van der Waals surface area contributed by atoms with E-state index in [1.165, 1.54) is 0 Å². The van der Waals surface area contributed by atoms with E-state index in [0.717, 1.165) is 17.7 Å². The first-order chi connectivity index (χ1) is 16.3. The van der Waals surface area contributed by atoms with Crippen molar-refractivity contribution in [1.29, 1.82) is 0 Å². The highest BCUT2D eigenvalue weighted by Gasteiger charge is 2.28. The number of rotatable bonds is 9. The summed E-state index contributed by atoms with van der Waals surface area (Å²) in [4.78, 5) is 41.9. The van der Waals surface area contributed by atoms with Crippen LogP contribution in [0.15, 0.2) is 51.7 Å². The van der Waals surface area contributed by atoms with E-state index in [2.05, 4.69) is 9.88 Å². The third-order valence-electron chi connectivity index (χ3n) is 5.98. The van der Waals surface area contributed by atoms with Crippen molar-refractivity contribution < 1.29 is 29.0 Å². The van der Waals surface area contributed by atoms with Gasteiger partial charge in [0.1, 0.15) is 5.75 Å². The van der Waals surface area contributed by atoms with Gasteiger partial charge in [-0.15, -0.1) is 0 Å². The topological polar surface area (TPSA) is 136 Å². The number of carboxylic acid groups (broad SMARTS) is 1. The first kappa shape index (κ1) is 23.5. The van der Waals surface area contributed by atoms with E-state index in [1.54, 1.807) is 48.3 Å². The number of aliphatic hydroxyl groups is 1. The molecular formula is C24H27N3O7. The highest BCUT2D eigenvalue weighted by atomic mass is 16.5. The van der Waals surface area contributed by atoms with Crippen LogP contribution in [0.3, 0.4) is 0 Å². The monoisotopic (exact) mass is 469 g/mol. The fraction of sp³-hybridized carbons (Fsp3) is 0.375. The van der Waals surface area contributed by atoms with Crippen LogP contribution in [0, 0.1) is 0 Å². The number of carbonyl (C=O) groups excluding carboxylic acids is 1. The van der Waals surface area contributed by atoms with Gasteiger partial charge in [0, 0.05) is 26.7 Å². The zero-order valence-electron chi connectivity index (χ0n) is 18.8. The van der Waals surface area contributed by atoms with Crippen LogP contribution in [0.4, 0.5) is 0 Å². The number of carbonyl (C=O) groups is 2. The molecule has 2 aromatic carbocycles. The second-order valence-electron chi connectivity index (χ2n) is 8.50. The van der Waals surface area contributed by atoms with E-state index in [0.29, 0.717) is 36.4 Å². The number of ether oxygens (including phenoxy) is 1. The lowest BCUT2D eigenvalue weighted by Crippen LogP contribution is -2.39. The fourth-order valence-electron chi connectivity index (χ4n) is 4.21. The lowest BCUT2D eigenvalue weighted by Gasteiger charge is -2.32. The number of hydrogen-bond acceptors (Lipinski definition) is 7. The predicted octanol–water partition coefficient (Wildman–Crippen LogP) is 1.39. The smallest absolute Gasteiger partial charge is 0.417 e. The number of aromatic amines is 1. The zero-order chi connectivity index (χ0) is 24.2. The Kier molecular flexibility index (Phi) is 6.99. The highest BCUT2D eigenvalue weighted by Crippen LogP contribution is 2.27. The average Bonchev–Trinajstić information content (AvgIpc) is 3.39. The van der Waals surface area contributed by atoms with Gasteiger partial charge in [-0.25, -0.2) is 9.59 Å². The SMILES string of the molecule is CN(C(=O)Cc1ccc2oc(=O)[nH]c2c1)[C@H](CN1CC[C@H](O)C1)c1cccc(OCC(=O)O)c1. The lowest BCUT2D eigenvalue weighted by molar-refractivity contribution is -0.139. The van der Waals surface area contributed by atoms with Crippen molar-refractivity contribution in [2.45, 2.75) is 25.0 Å². The summed E-state index contributed by atoms with van der Waals surface area (Å²) in [5.41, 5.74) is 2.49. The standard InChI is InChI=1S/C24H27N3O7/c1-26(22(29)10-15-5-6-21-19(9-15)25-24(32)34-21)20(13-27-8-7-17(28)12-27)16-3-2-4-18(11-16)33-14-23(30)31/h2-6,9,11,17,20,28H,7-8,10,12-14H2,1H3,(H,25,32)(H,30,31)/t17-,20+/m0/s1. The van der Waals surface area contributed by atoms with Crippen molar-refractivity contribution in [2.24, 2.45) is 0 Å². The molecule has 10 nitrogen and oxygen atoms in total. The molecule has 180 valence electrons. The number of oxazole rings is 1. The lowest BCUT2D eigenvalue weighted by atomic mass is 10.0. The van der Waals surface area contributed by atoms with Gasteiger partial charge >= 0.3 is 11.7 Å². The zero-order valence-corrected chi connectivity index (χ0v) is 18.8. The normalized spacial score (nSPS) is 17.1. The summed E-state index contributed by atoms with van der Waals surface area (Å²) in [6, 6.07) is 11.8. The van der Waals surface area contributed by atoms with Crippen LogP contribution in [0.2, 0.25) is 0 Å². The molecule has 1 saturated heterocycles. The molecule has 1 fully saturated rings. The summed E-state index contributed by atoms with van der Waals surface area (Å²) in [5, 5.41) is 18.9. The van der Waals surface area contributed by atoms with Gasteiger partial charge in [0.15, 0.2) is 12.2 Å². The maximum atomic E-state index is 13.3. The number of aromatic nitrogens is 1. The Balaban J connectivity index is 1.55. The van der Waals surface area contributed by atoms with E-state index in [9.17, 15) is 19.5 Å². The number of nitrogens with zero attached hydrogens (tertiary/aromatic N) is 2. The quantitative estimate of drug-likeness (QED) is 0.428. The Hall–Kier alpha value is -3.63. The molecule has 0 spiro atoms. The van der Waals surface area contributed by atoms with E-state index < -0.39 is 24.4 Å². The molecule has 0 aliphatic carbocycles. The van der Waals surface area contributed by atoms with Crippen molar-refractivity contribution in [3.63, 3.8) is 0 Å². The molecule has 2 atom stereocenters. The number of likely N-dealkylation sites (N-methyl/N-ethyl adjacent to an activating group) is 1. The summed E-state index contributed by atoms with van der Waals surface area (Å²) in [6.07, 6.45) is 0.402. The molecule has 0 bridgehead atoms. The van der Waals surface area contributed by atoms with Gasteiger partial charge in [0.2, 0.25) is 5.91 Å². The second-order valence-corrected chi connectivity index (χ2v) is 8.50. The summed E-state index contributed by atoms with van der Waals surface area (Å²) in [7, 11) is 1.72. The molecule has 1 amide bonds. The molecule has 34 heavy (non-hydrogen) atoms. The fourth-order valence-corrected chi connectivity index (χ4v) is 4.21. The van der Waals surface area contributed by atoms with Crippen LogP contribution >= 0.6 is 0 Å². The van der Waals surface area contributed by atoms with Gasteiger partial charge in [-0.3, -0.25) is 14.7 Å². The van der Waals surface area contributed by atoms with Crippen molar-refractivity contribution in [3.8, 4) is 5.75 Å². The number of benzene rings is 2. The van der Waals surface area contributed by atoms with Crippen LogP contribution < -0.4 is 10.5 Å². The van der Waals surface area contributed by atoms with Gasteiger partial charge in [-0.1, -0.05) is 18.2 Å². The minimum Gasteiger partial charge on any atom is -0.482 e. The Morgan fingerprint density at radius 3 is 2.85 bits per heavy atom. The van der Waals surface area contributed by atoms with E-state index in [4.69, 9.17) is 14.3 Å². The molecule has 0 unspecified atom stereocenters. The second kappa shape index (κ2) is 10.1. The van der Waals surface area contributed by atoms with Crippen molar-refractivity contribution in [2.75, 3.05) is 33.3 Å². The van der Waals surface area contributed by atoms with Gasteiger partial charge in [0.05, 0.1) is 24.1 Å². The van der Waals surface area contributed by atoms with Crippen molar-refractivity contribution in [3.05, 3.63) is 64.1 Å². The third kappa shape index (κ3) is 5.64.